The molecule has 0 aliphatic heterocycles. The molecular formula is C10H12N2O2. The van der Waals surface area contributed by atoms with Gasteiger partial charge >= 0.3 is 0 Å². The quantitative estimate of drug-likeness (QED) is 0.603. The Labute approximate surface area is 81.5 Å². The van der Waals surface area contributed by atoms with Crippen LogP contribution in [0.5, 0.6) is 5.75 Å². The number of hydrogen-bond donors (Lipinski definition) is 3. The topological polar surface area (TPSA) is 89.3 Å². The lowest BCUT2D eigenvalue weighted by Crippen LogP contribution is -2.17. The van der Waals surface area contributed by atoms with Gasteiger partial charge in [-0.05, 0) is 30.0 Å². The van der Waals surface area contributed by atoms with Crippen LogP contribution in [0.1, 0.15) is 33.9 Å². The molecule has 1 amide bonds. The van der Waals surface area contributed by atoms with Gasteiger partial charge in [0, 0.05) is 6.04 Å². The summed E-state index contributed by atoms with van der Waals surface area (Å²) in [4.78, 5) is 11.1. The Kier molecular flexibility index (Phi) is 1.93. The zero-order valence-corrected chi connectivity index (χ0v) is 7.66. The standard InChI is InChI=1S/C10H12N2O2/c11-6-3-1-5-2-4-7(13)9(8(5)6)10(12)14/h2,4,6,13H,1,3,11H2,(H2,12,14). The third-order valence-corrected chi connectivity index (χ3v) is 2.66. The first-order valence-corrected chi connectivity index (χ1v) is 4.51. The maximum absolute atomic E-state index is 11.1. The molecule has 2 rings (SSSR count). The molecule has 0 aromatic heterocycles. The Balaban J connectivity index is 2.68. The van der Waals surface area contributed by atoms with E-state index in [0.717, 1.165) is 24.0 Å². The van der Waals surface area contributed by atoms with Crippen LogP contribution in [0.25, 0.3) is 0 Å². The van der Waals surface area contributed by atoms with Crippen molar-refractivity contribution < 1.29 is 9.90 Å². The fraction of sp³-hybridized carbons (Fsp3) is 0.300. The van der Waals surface area contributed by atoms with E-state index in [1.807, 2.05) is 0 Å². The van der Waals surface area contributed by atoms with Gasteiger partial charge in [0.15, 0.2) is 0 Å². The summed E-state index contributed by atoms with van der Waals surface area (Å²) in [6, 6.07) is 3.11. The number of fused-ring (bicyclic) bond motifs is 1. The highest BCUT2D eigenvalue weighted by Gasteiger charge is 2.26. The molecule has 1 atom stereocenters. The van der Waals surface area contributed by atoms with Gasteiger partial charge in [0.2, 0.25) is 0 Å². The fourth-order valence-corrected chi connectivity index (χ4v) is 2.01. The van der Waals surface area contributed by atoms with Crippen LogP contribution in [0.15, 0.2) is 12.1 Å². The molecule has 5 N–H and O–H groups in total. The van der Waals surface area contributed by atoms with Crippen LogP contribution in [0.2, 0.25) is 0 Å². The number of phenols is 1. The predicted molar refractivity (Wildman–Crippen MR) is 51.9 cm³/mol. The highest BCUT2D eigenvalue weighted by Crippen LogP contribution is 2.35. The molecule has 0 heterocycles. The molecule has 0 saturated heterocycles. The van der Waals surface area contributed by atoms with Crippen LogP contribution in [0.3, 0.4) is 0 Å². The lowest BCUT2D eigenvalue weighted by molar-refractivity contribution is 0.0996. The molecule has 1 aliphatic carbocycles. The van der Waals surface area contributed by atoms with Crippen molar-refractivity contribution in [3.05, 3.63) is 28.8 Å². The van der Waals surface area contributed by atoms with Gasteiger partial charge in [-0.1, -0.05) is 6.07 Å². The number of carbonyl (C=O) groups excluding carboxylic acids is 1. The van der Waals surface area contributed by atoms with Crippen molar-refractivity contribution in [1.29, 1.82) is 0 Å². The molecule has 0 bridgehead atoms. The molecule has 1 aliphatic rings. The van der Waals surface area contributed by atoms with Gasteiger partial charge in [-0.25, -0.2) is 0 Å². The summed E-state index contributed by atoms with van der Waals surface area (Å²) in [6.45, 7) is 0. The molecule has 1 unspecified atom stereocenters. The van der Waals surface area contributed by atoms with E-state index < -0.39 is 5.91 Å². The van der Waals surface area contributed by atoms with Crippen molar-refractivity contribution in [1.82, 2.24) is 0 Å². The molecule has 4 nitrogen and oxygen atoms in total. The lowest BCUT2D eigenvalue weighted by atomic mass is 10.00. The molecule has 0 saturated carbocycles. The van der Waals surface area contributed by atoms with Crippen LogP contribution in [-0.2, 0) is 6.42 Å². The highest BCUT2D eigenvalue weighted by atomic mass is 16.3. The molecule has 1 aromatic rings. The Bertz CT molecular complexity index is 401. The number of benzene rings is 1. The summed E-state index contributed by atoms with van der Waals surface area (Å²) in [5.74, 6) is -0.690. The van der Waals surface area contributed by atoms with Gasteiger partial charge in [-0.3, -0.25) is 4.79 Å². The number of carbonyl (C=O) groups is 1. The minimum absolute atomic E-state index is 0.0754. The Hall–Kier alpha value is -1.55. The van der Waals surface area contributed by atoms with Crippen molar-refractivity contribution in [3.63, 3.8) is 0 Å². The summed E-state index contributed by atoms with van der Waals surface area (Å²) < 4.78 is 0. The van der Waals surface area contributed by atoms with Gasteiger partial charge in [-0.2, -0.15) is 0 Å². The molecule has 1 aromatic carbocycles. The number of aromatic hydroxyl groups is 1. The number of hydrogen-bond acceptors (Lipinski definition) is 3. The number of amides is 1. The van der Waals surface area contributed by atoms with Gasteiger partial charge < -0.3 is 16.6 Å². The minimum Gasteiger partial charge on any atom is -0.507 e. The Morgan fingerprint density at radius 1 is 1.50 bits per heavy atom. The molecule has 14 heavy (non-hydrogen) atoms. The van der Waals surface area contributed by atoms with Gasteiger partial charge in [-0.15, -0.1) is 0 Å². The summed E-state index contributed by atoms with van der Waals surface area (Å²) in [5.41, 5.74) is 13.0. The zero-order valence-electron chi connectivity index (χ0n) is 7.66. The largest absolute Gasteiger partial charge is 0.507 e. The highest BCUT2D eigenvalue weighted by molar-refractivity contribution is 5.97. The first kappa shape index (κ1) is 9.02. The Morgan fingerprint density at radius 3 is 2.86 bits per heavy atom. The molecule has 0 fully saturated rings. The maximum atomic E-state index is 11.1. The molecular weight excluding hydrogens is 180 g/mol. The van der Waals surface area contributed by atoms with E-state index in [1.165, 1.54) is 6.07 Å². The molecule has 4 heteroatoms. The van der Waals surface area contributed by atoms with E-state index in [1.54, 1.807) is 6.07 Å². The van der Waals surface area contributed by atoms with Crippen molar-refractivity contribution in [3.8, 4) is 5.75 Å². The normalized spacial score (nSPS) is 19.4. The van der Waals surface area contributed by atoms with Crippen molar-refractivity contribution >= 4 is 5.91 Å². The van der Waals surface area contributed by atoms with E-state index >= 15 is 0 Å². The van der Waals surface area contributed by atoms with E-state index in [-0.39, 0.29) is 17.4 Å². The second-order valence-corrected chi connectivity index (χ2v) is 3.54. The van der Waals surface area contributed by atoms with Crippen LogP contribution in [0, 0.1) is 0 Å². The van der Waals surface area contributed by atoms with E-state index in [0.29, 0.717) is 0 Å². The number of rotatable bonds is 1. The molecule has 0 spiro atoms. The summed E-state index contributed by atoms with van der Waals surface area (Å²) >= 11 is 0. The van der Waals surface area contributed by atoms with Crippen molar-refractivity contribution in [2.24, 2.45) is 11.5 Å². The summed E-state index contributed by atoms with van der Waals surface area (Å²) in [7, 11) is 0. The number of nitrogens with two attached hydrogens (primary N) is 2. The molecule has 74 valence electrons. The monoisotopic (exact) mass is 192 g/mol. The third kappa shape index (κ3) is 1.15. The van der Waals surface area contributed by atoms with Gasteiger partial charge in [0.1, 0.15) is 5.75 Å². The average Bonchev–Trinajstić information content (AvgIpc) is 2.47. The third-order valence-electron chi connectivity index (χ3n) is 2.66. The minimum atomic E-state index is -0.614. The first-order chi connectivity index (χ1) is 6.61. The van der Waals surface area contributed by atoms with Crippen LogP contribution < -0.4 is 11.5 Å². The Morgan fingerprint density at radius 2 is 2.21 bits per heavy atom. The van der Waals surface area contributed by atoms with Crippen LogP contribution >= 0.6 is 0 Å². The molecule has 0 radical (unpaired) electrons. The summed E-state index contributed by atoms with van der Waals surface area (Å²) in [6.07, 6.45) is 1.65. The lowest BCUT2D eigenvalue weighted by Gasteiger charge is -2.10. The number of primary amides is 1. The fourth-order valence-electron chi connectivity index (χ4n) is 2.01. The van der Waals surface area contributed by atoms with E-state index in [2.05, 4.69) is 0 Å². The van der Waals surface area contributed by atoms with Crippen LogP contribution in [0.4, 0.5) is 0 Å². The second-order valence-electron chi connectivity index (χ2n) is 3.54. The SMILES string of the molecule is NC(=O)c1c(O)ccc2c1C(N)CC2. The average molecular weight is 192 g/mol. The second kappa shape index (κ2) is 2.99. The van der Waals surface area contributed by atoms with Crippen molar-refractivity contribution in [2.75, 3.05) is 0 Å². The zero-order chi connectivity index (χ0) is 10.3. The van der Waals surface area contributed by atoms with Gasteiger partial charge in [0.05, 0.1) is 5.56 Å². The maximum Gasteiger partial charge on any atom is 0.252 e. The number of aryl methyl sites for hydroxylation is 1. The van der Waals surface area contributed by atoms with Gasteiger partial charge in [0.25, 0.3) is 5.91 Å². The van der Waals surface area contributed by atoms with Crippen LogP contribution in [-0.4, -0.2) is 11.0 Å². The smallest absolute Gasteiger partial charge is 0.252 e. The predicted octanol–water partition coefficient (Wildman–Crippen LogP) is 0.437. The first-order valence-electron chi connectivity index (χ1n) is 4.51. The van der Waals surface area contributed by atoms with E-state index in [9.17, 15) is 9.90 Å². The summed E-state index contributed by atoms with van der Waals surface area (Å²) in [5, 5.41) is 9.51. The van der Waals surface area contributed by atoms with E-state index in [4.69, 9.17) is 11.5 Å². The van der Waals surface area contributed by atoms with Crippen molar-refractivity contribution in [2.45, 2.75) is 18.9 Å².